The van der Waals surface area contributed by atoms with Crippen LogP contribution in [0.15, 0.2) is 48.5 Å². The van der Waals surface area contributed by atoms with Gasteiger partial charge >= 0.3 is 0 Å². The van der Waals surface area contributed by atoms with Crippen molar-refractivity contribution < 1.29 is 13.2 Å². The quantitative estimate of drug-likeness (QED) is 0.692. The Kier molecular flexibility index (Phi) is 7.06. The van der Waals surface area contributed by atoms with Crippen LogP contribution in [0.2, 0.25) is 5.02 Å². The molecule has 0 aliphatic heterocycles. The number of carbonyl (C=O) groups excluding carboxylic acids is 1. The topological polar surface area (TPSA) is 66.5 Å². The smallest absolute Gasteiger partial charge is 0.251 e. The van der Waals surface area contributed by atoms with Gasteiger partial charge in [0.05, 0.1) is 18.5 Å². The number of halogens is 1. The molecular formula is C19H23ClN2O3S. The number of benzene rings is 2. The highest BCUT2D eigenvalue weighted by Crippen LogP contribution is 2.24. The van der Waals surface area contributed by atoms with Crippen molar-refractivity contribution in [1.29, 1.82) is 0 Å². The zero-order chi connectivity index (χ0) is 19.2. The van der Waals surface area contributed by atoms with Crippen molar-refractivity contribution in [2.75, 3.05) is 17.1 Å². The standard InChI is InChI=1S/C19H23ClN2O3S/c1-3-4-13-21-19(23)15-9-11-17(12-10-15)22(26(2,24)25)14-16-7-5-6-8-18(16)20/h5-12H,3-4,13-14H2,1-2H3,(H,21,23). The molecule has 7 heteroatoms. The summed E-state index contributed by atoms with van der Waals surface area (Å²) >= 11 is 6.16. The highest BCUT2D eigenvalue weighted by molar-refractivity contribution is 7.92. The number of amides is 1. The second-order valence-corrected chi connectivity index (χ2v) is 8.33. The van der Waals surface area contributed by atoms with Crippen LogP contribution in [0.3, 0.4) is 0 Å². The molecule has 0 saturated heterocycles. The summed E-state index contributed by atoms with van der Waals surface area (Å²) in [6, 6.07) is 13.6. The fourth-order valence-corrected chi connectivity index (χ4v) is 3.51. The van der Waals surface area contributed by atoms with Crippen molar-refractivity contribution in [3.63, 3.8) is 0 Å². The molecule has 26 heavy (non-hydrogen) atoms. The Hall–Kier alpha value is -2.05. The summed E-state index contributed by atoms with van der Waals surface area (Å²) in [4.78, 5) is 12.1. The molecule has 0 aromatic heterocycles. The predicted octanol–water partition coefficient (Wildman–Crippen LogP) is 3.84. The number of carbonyl (C=O) groups is 1. The molecule has 1 N–H and O–H groups in total. The molecule has 0 radical (unpaired) electrons. The highest BCUT2D eigenvalue weighted by Gasteiger charge is 2.19. The highest BCUT2D eigenvalue weighted by atomic mass is 35.5. The van der Waals surface area contributed by atoms with Gasteiger partial charge in [0.15, 0.2) is 0 Å². The maximum absolute atomic E-state index is 12.2. The molecule has 0 heterocycles. The third kappa shape index (κ3) is 5.47. The molecule has 0 bridgehead atoms. The Morgan fingerprint density at radius 3 is 2.35 bits per heavy atom. The van der Waals surface area contributed by atoms with E-state index < -0.39 is 10.0 Å². The molecule has 5 nitrogen and oxygen atoms in total. The van der Waals surface area contributed by atoms with Crippen molar-refractivity contribution in [2.45, 2.75) is 26.3 Å². The van der Waals surface area contributed by atoms with Crippen LogP contribution in [-0.2, 0) is 16.6 Å². The number of nitrogens with zero attached hydrogens (tertiary/aromatic N) is 1. The van der Waals surface area contributed by atoms with Crippen LogP contribution in [0.1, 0.15) is 35.7 Å². The van der Waals surface area contributed by atoms with Crippen LogP contribution in [0.25, 0.3) is 0 Å². The zero-order valence-electron chi connectivity index (χ0n) is 14.9. The summed E-state index contributed by atoms with van der Waals surface area (Å²) < 4.78 is 25.8. The normalized spacial score (nSPS) is 11.2. The fourth-order valence-electron chi connectivity index (χ4n) is 2.44. The van der Waals surface area contributed by atoms with Crippen LogP contribution in [0.5, 0.6) is 0 Å². The first-order chi connectivity index (χ1) is 12.3. The number of nitrogens with one attached hydrogen (secondary N) is 1. The first kappa shape index (κ1) is 20.3. The van der Waals surface area contributed by atoms with Gasteiger partial charge in [-0.3, -0.25) is 9.10 Å². The minimum absolute atomic E-state index is 0.126. The Morgan fingerprint density at radius 1 is 1.12 bits per heavy atom. The molecule has 2 aromatic carbocycles. The summed E-state index contributed by atoms with van der Waals surface area (Å²) in [5.41, 5.74) is 1.69. The van der Waals surface area contributed by atoms with Crippen LogP contribution < -0.4 is 9.62 Å². The summed E-state index contributed by atoms with van der Waals surface area (Å²) in [6.07, 6.45) is 3.07. The summed E-state index contributed by atoms with van der Waals surface area (Å²) in [7, 11) is -3.51. The zero-order valence-corrected chi connectivity index (χ0v) is 16.5. The average molecular weight is 395 g/mol. The van der Waals surface area contributed by atoms with E-state index in [4.69, 9.17) is 11.6 Å². The average Bonchev–Trinajstić information content (AvgIpc) is 2.60. The van der Waals surface area contributed by atoms with E-state index in [0.717, 1.165) is 19.1 Å². The number of anilines is 1. The van der Waals surface area contributed by atoms with Gasteiger partial charge in [-0.1, -0.05) is 43.1 Å². The molecule has 0 fully saturated rings. The van der Waals surface area contributed by atoms with E-state index in [2.05, 4.69) is 12.2 Å². The van der Waals surface area contributed by atoms with Gasteiger partial charge in [0.25, 0.3) is 5.91 Å². The first-order valence-electron chi connectivity index (χ1n) is 8.42. The first-order valence-corrected chi connectivity index (χ1v) is 10.6. The maximum atomic E-state index is 12.2. The van der Waals surface area contributed by atoms with Crippen LogP contribution in [-0.4, -0.2) is 27.1 Å². The fraction of sp³-hybridized carbons (Fsp3) is 0.316. The monoisotopic (exact) mass is 394 g/mol. The molecule has 0 spiro atoms. The van der Waals surface area contributed by atoms with E-state index in [1.807, 2.05) is 6.07 Å². The minimum atomic E-state index is -3.51. The van der Waals surface area contributed by atoms with Gasteiger partial charge in [-0.05, 0) is 42.3 Å². The van der Waals surface area contributed by atoms with E-state index in [-0.39, 0.29) is 12.5 Å². The van der Waals surface area contributed by atoms with Crippen molar-refractivity contribution in [3.05, 3.63) is 64.7 Å². The molecule has 0 aliphatic carbocycles. The molecular weight excluding hydrogens is 372 g/mol. The van der Waals surface area contributed by atoms with Crippen molar-refractivity contribution in [2.24, 2.45) is 0 Å². The van der Waals surface area contributed by atoms with Crippen LogP contribution >= 0.6 is 11.6 Å². The second-order valence-electron chi connectivity index (χ2n) is 6.02. The van der Waals surface area contributed by atoms with Crippen molar-refractivity contribution in [1.82, 2.24) is 5.32 Å². The summed E-state index contributed by atoms with van der Waals surface area (Å²) in [6.45, 7) is 2.80. The lowest BCUT2D eigenvalue weighted by Gasteiger charge is -2.23. The van der Waals surface area contributed by atoms with E-state index in [1.165, 1.54) is 4.31 Å². The lowest BCUT2D eigenvalue weighted by atomic mass is 10.1. The van der Waals surface area contributed by atoms with E-state index in [1.54, 1.807) is 42.5 Å². The maximum Gasteiger partial charge on any atom is 0.251 e. The Bertz CT molecular complexity index is 851. The van der Waals surface area contributed by atoms with Crippen LogP contribution in [0.4, 0.5) is 5.69 Å². The Morgan fingerprint density at radius 2 is 1.77 bits per heavy atom. The second kappa shape index (κ2) is 9.05. The molecule has 0 saturated carbocycles. The number of unbranched alkanes of at least 4 members (excludes halogenated alkanes) is 1. The lowest BCUT2D eigenvalue weighted by molar-refractivity contribution is 0.0953. The molecule has 2 aromatic rings. The van der Waals surface area contributed by atoms with Gasteiger partial charge < -0.3 is 5.32 Å². The van der Waals surface area contributed by atoms with Gasteiger partial charge in [-0.25, -0.2) is 8.42 Å². The third-order valence-electron chi connectivity index (χ3n) is 3.91. The van der Waals surface area contributed by atoms with Gasteiger partial charge in [0.1, 0.15) is 0 Å². The van der Waals surface area contributed by atoms with Gasteiger partial charge in [0, 0.05) is 17.1 Å². The number of hydrogen-bond acceptors (Lipinski definition) is 3. The van der Waals surface area contributed by atoms with Gasteiger partial charge in [-0.2, -0.15) is 0 Å². The molecule has 1 amide bonds. The summed E-state index contributed by atoms with van der Waals surface area (Å²) in [5.74, 6) is -0.165. The van der Waals surface area contributed by atoms with Gasteiger partial charge in [0.2, 0.25) is 10.0 Å². The molecule has 2 rings (SSSR count). The molecule has 140 valence electrons. The van der Waals surface area contributed by atoms with Crippen molar-refractivity contribution in [3.8, 4) is 0 Å². The predicted molar refractivity (Wildman–Crippen MR) is 106 cm³/mol. The largest absolute Gasteiger partial charge is 0.352 e. The molecule has 0 atom stereocenters. The lowest BCUT2D eigenvalue weighted by Crippen LogP contribution is -2.29. The van der Waals surface area contributed by atoms with E-state index in [0.29, 0.717) is 28.4 Å². The number of hydrogen-bond donors (Lipinski definition) is 1. The van der Waals surface area contributed by atoms with E-state index >= 15 is 0 Å². The van der Waals surface area contributed by atoms with Crippen molar-refractivity contribution >= 4 is 33.2 Å². The van der Waals surface area contributed by atoms with Crippen LogP contribution in [0, 0.1) is 0 Å². The SMILES string of the molecule is CCCCNC(=O)c1ccc(N(Cc2ccccc2Cl)S(C)(=O)=O)cc1. The van der Waals surface area contributed by atoms with E-state index in [9.17, 15) is 13.2 Å². The minimum Gasteiger partial charge on any atom is -0.352 e. The Balaban J connectivity index is 2.21. The van der Waals surface area contributed by atoms with Gasteiger partial charge in [-0.15, -0.1) is 0 Å². The Labute approximate surface area is 160 Å². The number of rotatable bonds is 8. The summed E-state index contributed by atoms with van der Waals surface area (Å²) in [5, 5.41) is 3.35. The molecule has 0 unspecified atom stereocenters. The third-order valence-corrected chi connectivity index (χ3v) is 5.41. The molecule has 0 aliphatic rings. The number of sulfonamides is 1.